The van der Waals surface area contributed by atoms with Crippen molar-refractivity contribution in [2.75, 3.05) is 0 Å². The Morgan fingerprint density at radius 1 is 1.21 bits per heavy atom. The number of aromatic carboxylic acids is 1. The van der Waals surface area contributed by atoms with Gasteiger partial charge in [-0.3, -0.25) is 4.98 Å². The molecule has 0 saturated heterocycles. The number of hydrogen-bond donors (Lipinski definition) is 2. The number of pyridine rings is 2. The van der Waals surface area contributed by atoms with Gasteiger partial charge in [-0.25, -0.2) is 19.3 Å². The SMILES string of the molecule is Cc1cccc(-c2[nH]c(C(=O)O)nc2-c2ccc3ncnn3c2)n1. The second-order valence-corrected chi connectivity index (χ2v) is 5.26. The van der Waals surface area contributed by atoms with Gasteiger partial charge in [-0.2, -0.15) is 5.10 Å². The average molecular weight is 320 g/mol. The monoisotopic (exact) mass is 320 g/mol. The summed E-state index contributed by atoms with van der Waals surface area (Å²) in [5, 5.41) is 13.4. The highest BCUT2D eigenvalue weighted by Crippen LogP contribution is 2.29. The van der Waals surface area contributed by atoms with Crippen LogP contribution in [-0.2, 0) is 0 Å². The predicted octanol–water partition coefficient (Wildman–Crippen LogP) is 2.19. The van der Waals surface area contributed by atoms with E-state index in [9.17, 15) is 9.90 Å². The van der Waals surface area contributed by atoms with Crippen LogP contribution in [0.1, 0.15) is 16.3 Å². The number of aromatic nitrogens is 6. The van der Waals surface area contributed by atoms with E-state index in [-0.39, 0.29) is 5.82 Å². The lowest BCUT2D eigenvalue weighted by atomic mass is 10.1. The number of nitrogens with zero attached hydrogens (tertiary/aromatic N) is 5. The first-order valence-corrected chi connectivity index (χ1v) is 7.19. The van der Waals surface area contributed by atoms with Gasteiger partial charge in [-0.15, -0.1) is 0 Å². The summed E-state index contributed by atoms with van der Waals surface area (Å²) >= 11 is 0. The molecule has 8 nitrogen and oxygen atoms in total. The first-order chi connectivity index (χ1) is 11.6. The van der Waals surface area contributed by atoms with Crippen molar-refractivity contribution in [3.63, 3.8) is 0 Å². The van der Waals surface area contributed by atoms with E-state index < -0.39 is 5.97 Å². The van der Waals surface area contributed by atoms with E-state index in [0.717, 1.165) is 11.3 Å². The molecule has 0 bridgehead atoms. The number of aryl methyl sites for hydroxylation is 1. The zero-order chi connectivity index (χ0) is 16.7. The fourth-order valence-electron chi connectivity index (χ4n) is 2.51. The third kappa shape index (κ3) is 2.30. The Kier molecular flexibility index (Phi) is 3.09. The lowest BCUT2D eigenvalue weighted by Crippen LogP contribution is -1.98. The van der Waals surface area contributed by atoms with Crippen LogP contribution in [0, 0.1) is 6.92 Å². The molecule has 8 heteroatoms. The Bertz CT molecular complexity index is 1070. The van der Waals surface area contributed by atoms with Crippen molar-refractivity contribution >= 4 is 11.6 Å². The lowest BCUT2D eigenvalue weighted by Gasteiger charge is -2.04. The van der Waals surface area contributed by atoms with Gasteiger partial charge in [0.2, 0.25) is 5.82 Å². The number of carboxylic acids is 1. The number of rotatable bonds is 3. The van der Waals surface area contributed by atoms with Crippen molar-refractivity contribution in [3.8, 4) is 22.6 Å². The van der Waals surface area contributed by atoms with Crippen LogP contribution >= 0.6 is 0 Å². The van der Waals surface area contributed by atoms with Gasteiger partial charge in [0.15, 0.2) is 5.65 Å². The molecule has 0 aromatic carbocycles. The Morgan fingerprint density at radius 2 is 2.08 bits per heavy atom. The molecular formula is C16H12N6O2. The largest absolute Gasteiger partial charge is 0.475 e. The van der Waals surface area contributed by atoms with Gasteiger partial charge >= 0.3 is 5.97 Å². The molecule has 0 spiro atoms. The Balaban J connectivity index is 1.94. The molecule has 4 rings (SSSR count). The number of hydrogen-bond acceptors (Lipinski definition) is 5. The Hall–Kier alpha value is -3.55. The predicted molar refractivity (Wildman–Crippen MR) is 85.5 cm³/mol. The fourth-order valence-corrected chi connectivity index (χ4v) is 2.51. The fraction of sp³-hybridized carbons (Fsp3) is 0.0625. The number of fused-ring (bicyclic) bond motifs is 1. The standard InChI is InChI=1S/C16H12N6O2/c1-9-3-2-4-11(19-9)14-13(20-15(21-14)16(23)24)10-5-6-12-17-8-18-22(12)7-10/h2-8H,1H3,(H,20,21)(H,23,24). The Morgan fingerprint density at radius 3 is 2.88 bits per heavy atom. The molecule has 4 aromatic heterocycles. The lowest BCUT2D eigenvalue weighted by molar-refractivity contribution is 0.0685. The van der Waals surface area contributed by atoms with Crippen LogP contribution in [0.3, 0.4) is 0 Å². The van der Waals surface area contributed by atoms with E-state index in [2.05, 4.69) is 25.0 Å². The van der Waals surface area contributed by atoms with Gasteiger partial charge in [0.1, 0.15) is 12.0 Å². The summed E-state index contributed by atoms with van der Waals surface area (Å²) in [5.74, 6) is -1.26. The first kappa shape index (κ1) is 14.1. The maximum atomic E-state index is 11.3. The maximum absolute atomic E-state index is 11.3. The van der Waals surface area contributed by atoms with Gasteiger partial charge in [0.05, 0.1) is 11.4 Å². The minimum Gasteiger partial charge on any atom is -0.475 e. The molecule has 4 aromatic rings. The van der Waals surface area contributed by atoms with Crippen molar-refractivity contribution in [2.24, 2.45) is 0 Å². The number of aromatic amines is 1. The van der Waals surface area contributed by atoms with Crippen LogP contribution in [0.2, 0.25) is 0 Å². The van der Waals surface area contributed by atoms with E-state index in [1.54, 1.807) is 16.8 Å². The highest BCUT2D eigenvalue weighted by atomic mass is 16.4. The van der Waals surface area contributed by atoms with E-state index in [1.165, 1.54) is 6.33 Å². The summed E-state index contributed by atoms with van der Waals surface area (Å²) in [5.41, 5.74) is 3.93. The molecule has 0 aliphatic rings. The quantitative estimate of drug-likeness (QED) is 0.599. The Labute approximate surface area is 135 Å². The molecule has 0 fully saturated rings. The van der Waals surface area contributed by atoms with Crippen molar-refractivity contribution in [2.45, 2.75) is 6.92 Å². The molecule has 0 unspecified atom stereocenters. The summed E-state index contributed by atoms with van der Waals surface area (Å²) in [6.45, 7) is 1.87. The average Bonchev–Trinajstić information content (AvgIpc) is 3.21. The van der Waals surface area contributed by atoms with Gasteiger partial charge in [-0.05, 0) is 31.2 Å². The topological polar surface area (TPSA) is 109 Å². The van der Waals surface area contributed by atoms with E-state index in [1.807, 2.05) is 31.2 Å². The summed E-state index contributed by atoms with van der Waals surface area (Å²) in [7, 11) is 0. The molecule has 0 amide bonds. The van der Waals surface area contributed by atoms with Crippen molar-refractivity contribution in [1.82, 2.24) is 29.5 Å². The van der Waals surface area contributed by atoms with Crippen LogP contribution in [0.15, 0.2) is 42.9 Å². The first-order valence-electron chi connectivity index (χ1n) is 7.19. The number of carboxylic acid groups (broad SMARTS) is 1. The third-order valence-corrected chi connectivity index (χ3v) is 3.60. The van der Waals surface area contributed by atoms with E-state index in [0.29, 0.717) is 22.7 Å². The van der Waals surface area contributed by atoms with Crippen molar-refractivity contribution in [1.29, 1.82) is 0 Å². The van der Waals surface area contributed by atoms with Crippen molar-refractivity contribution in [3.05, 3.63) is 54.4 Å². The summed E-state index contributed by atoms with van der Waals surface area (Å²) in [6, 6.07) is 9.17. The zero-order valence-corrected chi connectivity index (χ0v) is 12.6. The minimum absolute atomic E-state index is 0.137. The molecule has 4 heterocycles. The van der Waals surface area contributed by atoms with E-state index in [4.69, 9.17) is 0 Å². The molecule has 0 radical (unpaired) electrons. The third-order valence-electron chi connectivity index (χ3n) is 3.60. The second kappa shape index (κ2) is 5.27. The number of carbonyl (C=O) groups is 1. The van der Waals surface area contributed by atoms with Crippen LogP contribution in [0.25, 0.3) is 28.3 Å². The van der Waals surface area contributed by atoms with Crippen LogP contribution in [0.5, 0.6) is 0 Å². The van der Waals surface area contributed by atoms with Crippen LogP contribution in [0.4, 0.5) is 0 Å². The maximum Gasteiger partial charge on any atom is 0.371 e. The van der Waals surface area contributed by atoms with Gasteiger partial charge in [0, 0.05) is 17.5 Å². The normalized spacial score (nSPS) is 11.0. The van der Waals surface area contributed by atoms with Crippen LogP contribution < -0.4 is 0 Å². The summed E-state index contributed by atoms with van der Waals surface area (Å²) in [6.07, 6.45) is 3.21. The second-order valence-electron chi connectivity index (χ2n) is 5.26. The molecule has 24 heavy (non-hydrogen) atoms. The number of imidazole rings is 1. The molecule has 0 atom stereocenters. The highest BCUT2D eigenvalue weighted by Gasteiger charge is 2.19. The smallest absolute Gasteiger partial charge is 0.371 e. The molecule has 118 valence electrons. The molecule has 2 N–H and O–H groups in total. The van der Waals surface area contributed by atoms with Crippen LogP contribution in [-0.4, -0.2) is 40.6 Å². The summed E-state index contributed by atoms with van der Waals surface area (Å²) < 4.78 is 1.61. The number of H-pyrrole nitrogens is 1. The minimum atomic E-state index is -1.13. The zero-order valence-electron chi connectivity index (χ0n) is 12.6. The van der Waals surface area contributed by atoms with E-state index >= 15 is 0 Å². The van der Waals surface area contributed by atoms with Gasteiger partial charge in [-0.1, -0.05) is 6.07 Å². The molecule has 0 aliphatic carbocycles. The van der Waals surface area contributed by atoms with Gasteiger partial charge < -0.3 is 10.1 Å². The van der Waals surface area contributed by atoms with Crippen molar-refractivity contribution < 1.29 is 9.90 Å². The van der Waals surface area contributed by atoms with Gasteiger partial charge in [0.25, 0.3) is 0 Å². The molecular weight excluding hydrogens is 308 g/mol. The highest BCUT2D eigenvalue weighted by molar-refractivity contribution is 5.88. The molecule has 0 aliphatic heterocycles. The molecule has 0 saturated carbocycles. The summed E-state index contributed by atoms with van der Waals surface area (Å²) in [4.78, 5) is 26.9. The number of nitrogens with one attached hydrogen (secondary N) is 1.